The zero-order valence-corrected chi connectivity index (χ0v) is 17.2. The number of sulfonamides is 1. The molecule has 0 saturated carbocycles. The first-order valence-electron chi connectivity index (χ1n) is 8.90. The zero-order chi connectivity index (χ0) is 21.2. The number of aromatic nitrogens is 1. The average molecular weight is 448 g/mol. The van der Waals surface area contributed by atoms with Gasteiger partial charge in [-0.05, 0) is 30.9 Å². The molecule has 1 amide bonds. The highest BCUT2D eigenvalue weighted by Crippen LogP contribution is 2.33. The Morgan fingerprint density at radius 3 is 2.62 bits per heavy atom. The minimum atomic E-state index is -4.44. The van der Waals surface area contributed by atoms with Gasteiger partial charge in [-0.2, -0.15) is 13.2 Å². The van der Waals surface area contributed by atoms with Gasteiger partial charge in [-0.25, -0.2) is 17.7 Å². The molecule has 6 nitrogen and oxygen atoms in total. The van der Waals surface area contributed by atoms with Gasteiger partial charge in [-0.1, -0.05) is 12.1 Å². The first-order valence-corrected chi connectivity index (χ1v) is 11.6. The molecule has 0 unspecified atom stereocenters. The molecule has 0 atom stereocenters. The molecule has 0 bridgehead atoms. The van der Waals surface area contributed by atoms with Crippen LogP contribution in [-0.4, -0.2) is 49.5 Å². The minimum absolute atomic E-state index is 0.149. The van der Waals surface area contributed by atoms with E-state index in [0.29, 0.717) is 43.0 Å². The summed E-state index contributed by atoms with van der Waals surface area (Å²) in [4.78, 5) is 16.5. The van der Waals surface area contributed by atoms with E-state index in [9.17, 15) is 26.4 Å². The van der Waals surface area contributed by atoms with Crippen LogP contribution in [-0.2, 0) is 16.2 Å². The third-order valence-electron chi connectivity index (χ3n) is 4.77. The summed E-state index contributed by atoms with van der Waals surface area (Å²) in [6, 6.07) is 4.82. The Bertz CT molecular complexity index is 981. The fourth-order valence-electron chi connectivity index (χ4n) is 3.11. The number of amides is 1. The van der Waals surface area contributed by atoms with Gasteiger partial charge >= 0.3 is 6.18 Å². The van der Waals surface area contributed by atoms with Crippen molar-refractivity contribution in [2.24, 2.45) is 5.92 Å². The third-order valence-corrected chi connectivity index (χ3v) is 6.96. The summed E-state index contributed by atoms with van der Waals surface area (Å²) in [5.74, 6) is -0.233. The molecular weight excluding hydrogens is 427 g/mol. The molecule has 1 aromatic carbocycles. The van der Waals surface area contributed by atoms with Crippen LogP contribution in [0.2, 0.25) is 0 Å². The number of benzene rings is 1. The topological polar surface area (TPSA) is 79.4 Å². The zero-order valence-electron chi connectivity index (χ0n) is 15.6. The normalized spacial score (nSPS) is 16.7. The lowest BCUT2D eigenvalue weighted by Crippen LogP contribution is -2.41. The van der Waals surface area contributed by atoms with Gasteiger partial charge in [-0.3, -0.25) is 4.79 Å². The lowest BCUT2D eigenvalue weighted by atomic mass is 9.98. The van der Waals surface area contributed by atoms with Crippen LogP contribution in [0.15, 0.2) is 29.6 Å². The van der Waals surface area contributed by atoms with Crippen molar-refractivity contribution >= 4 is 27.3 Å². The number of piperidine rings is 1. The molecule has 1 saturated heterocycles. The number of carbonyl (C=O) groups is 1. The number of alkyl halides is 3. The molecule has 3 rings (SSSR count). The molecule has 11 heteroatoms. The van der Waals surface area contributed by atoms with Crippen LogP contribution in [0.1, 0.15) is 28.9 Å². The van der Waals surface area contributed by atoms with Gasteiger partial charge in [0.1, 0.15) is 10.7 Å². The van der Waals surface area contributed by atoms with Crippen molar-refractivity contribution in [2.75, 3.05) is 25.9 Å². The van der Waals surface area contributed by atoms with E-state index in [-0.39, 0.29) is 11.6 Å². The Morgan fingerprint density at radius 2 is 2.00 bits per heavy atom. The number of hydrogen-bond acceptors (Lipinski definition) is 5. The molecule has 1 fully saturated rings. The molecule has 0 aliphatic carbocycles. The van der Waals surface area contributed by atoms with E-state index in [4.69, 9.17) is 0 Å². The maximum absolute atomic E-state index is 12.9. The van der Waals surface area contributed by atoms with E-state index >= 15 is 0 Å². The van der Waals surface area contributed by atoms with E-state index in [1.165, 1.54) is 28.1 Å². The van der Waals surface area contributed by atoms with Gasteiger partial charge in [0.05, 0.1) is 11.8 Å². The molecule has 1 aliphatic heterocycles. The van der Waals surface area contributed by atoms with Crippen LogP contribution in [0.25, 0.3) is 10.6 Å². The lowest BCUT2D eigenvalue weighted by molar-refractivity contribution is -0.137. The monoisotopic (exact) mass is 447 g/mol. The Hall–Kier alpha value is -1.98. The Balaban J connectivity index is 1.58. The van der Waals surface area contributed by atoms with Crippen molar-refractivity contribution in [2.45, 2.75) is 19.0 Å². The first kappa shape index (κ1) is 21.7. The molecule has 2 aromatic rings. The number of carbonyl (C=O) groups excluding carboxylic acids is 1. The number of nitrogens with zero attached hydrogens (tertiary/aromatic N) is 2. The number of halogens is 3. The summed E-state index contributed by atoms with van der Waals surface area (Å²) in [6.07, 6.45) is -1.96. The van der Waals surface area contributed by atoms with Crippen LogP contribution >= 0.6 is 11.3 Å². The predicted molar refractivity (Wildman–Crippen MR) is 104 cm³/mol. The number of thiazole rings is 1. The van der Waals surface area contributed by atoms with Crippen molar-refractivity contribution in [1.29, 1.82) is 0 Å². The second-order valence-electron chi connectivity index (χ2n) is 6.93. The summed E-state index contributed by atoms with van der Waals surface area (Å²) in [7, 11) is -3.19. The van der Waals surface area contributed by atoms with Crippen LogP contribution in [0.5, 0.6) is 0 Å². The van der Waals surface area contributed by atoms with E-state index in [2.05, 4.69) is 10.3 Å². The van der Waals surface area contributed by atoms with Gasteiger partial charge in [0.25, 0.3) is 5.91 Å². The van der Waals surface area contributed by atoms with Crippen LogP contribution < -0.4 is 5.32 Å². The molecule has 1 aliphatic rings. The van der Waals surface area contributed by atoms with Gasteiger partial charge < -0.3 is 5.32 Å². The first-order chi connectivity index (χ1) is 13.5. The van der Waals surface area contributed by atoms with Crippen LogP contribution in [0.4, 0.5) is 13.2 Å². The van der Waals surface area contributed by atoms with Crippen molar-refractivity contribution < 1.29 is 26.4 Å². The highest BCUT2D eigenvalue weighted by molar-refractivity contribution is 7.88. The summed E-state index contributed by atoms with van der Waals surface area (Å²) >= 11 is 1.10. The molecule has 0 spiro atoms. The predicted octanol–water partition coefficient (Wildman–Crippen LogP) is 3.23. The highest BCUT2D eigenvalue weighted by atomic mass is 32.2. The standard InChI is InChI=1S/C18H20F3N3O3S2/c1-29(26,27)24-7-5-12(6-8-24)10-22-16(25)15-11-28-17(23-15)13-3-2-4-14(9-13)18(19,20)21/h2-4,9,11-12H,5-8,10H2,1H3,(H,22,25). The quantitative estimate of drug-likeness (QED) is 0.763. The molecule has 158 valence electrons. The molecule has 1 aromatic heterocycles. The average Bonchev–Trinajstić information content (AvgIpc) is 3.15. The summed E-state index contributed by atoms with van der Waals surface area (Å²) in [5, 5.41) is 4.63. The molecule has 0 radical (unpaired) electrons. The van der Waals surface area contributed by atoms with Crippen molar-refractivity contribution in [3.8, 4) is 10.6 Å². The number of hydrogen-bond donors (Lipinski definition) is 1. The van der Waals surface area contributed by atoms with Crippen molar-refractivity contribution in [3.05, 3.63) is 40.9 Å². The molecule has 29 heavy (non-hydrogen) atoms. The summed E-state index contributed by atoms with van der Waals surface area (Å²) < 4.78 is 63.1. The summed E-state index contributed by atoms with van der Waals surface area (Å²) in [6.45, 7) is 1.25. The Labute approximate surface area is 170 Å². The van der Waals surface area contributed by atoms with Gasteiger partial charge in [0, 0.05) is 30.6 Å². The molecular formula is C18H20F3N3O3S2. The second-order valence-corrected chi connectivity index (χ2v) is 9.77. The van der Waals surface area contributed by atoms with E-state index < -0.39 is 27.7 Å². The van der Waals surface area contributed by atoms with Crippen LogP contribution in [0, 0.1) is 5.92 Å². The SMILES string of the molecule is CS(=O)(=O)N1CCC(CNC(=O)c2csc(-c3cccc(C(F)(F)F)c3)n2)CC1. The minimum Gasteiger partial charge on any atom is -0.350 e. The maximum Gasteiger partial charge on any atom is 0.416 e. The maximum atomic E-state index is 12.9. The van der Waals surface area contributed by atoms with E-state index in [0.717, 1.165) is 23.5 Å². The number of rotatable bonds is 5. The smallest absolute Gasteiger partial charge is 0.350 e. The lowest BCUT2D eigenvalue weighted by Gasteiger charge is -2.30. The Morgan fingerprint density at radius 1 is 1.31 bits per heavy atom. The largest absolute Gasteiger partial charge is 0.416 e. The van der Waals surface area contributed by atoms with E-state index in [1.807, 2.05) is 0 Å². The van der Waals surface area contributed by atoms with Gasteiger partial charge in [0.2, 0.25) is 10.0 Å². The fourth-order valence-corrected chi connectivity index (χ4v) is 4.78. The van der Waals surface area contributed by atoms with Gasteiger partial charge in [0.15, 0.2) is 0 Å². The van der Waals surface area contributed by atoms with Crippen molar-refractivity contribution in [3.63, 3.8) is 0 Å². The third kappa shape index (κ3) is 5.55. The second kappa shape index (κ2) is 8.41. The van der Waals surface area contributed by atoms with Crippen molar-refractivity contribution in [1.82, 2.24) is 14.6 Å². The van der Waals surface area contributed by atoms with Crippen LogP contribution in [0.3, 0.4) is 0 Å². The number of nitrogens with one attached hydrogen (secondary N) is 1. The van der Waals surface area contributed by atoms with Gasteiger partial charge in [-0.15, -0.1) is 11.3 Å². The highest BCUT2D eigenvalue weighted by Gasteiger charge is 2.30. The molecule has 2 heterocycles. The Kier molecular flexibility index (Phi) is 6.30. The summed E-state index contributed by atoms with van der Waals surface area (Å²) in [5.41, 5.74) is -0.315. The van der Waals surface area contributed by atoms with E-state index in [1.54, 1.807) is 0 Å². The fraction of sp³-hybridized carbons (Fsp3) is 0.444. The molecule has 1 N–H and O–H groups in total.